The van der Waals surface area contributed by atoms with Crippen LogP contribution in [0.2, 0.25) is 0 Å². The second kappa shape index (κ2) is 5.83. The first-order valence-electron chi connectivity index (χ1n) is 6.69. The number of hydrogen-bond donors (Lipinski definition) is 1. The van der Waals surface area contributed by atoms with Crippen molar-refractivity contribution in [1.29, 1.82) is 0 Å². The topological polar surface area (TPSA) is 45.8 Å². The summed E-state index contributed by atoms with van der Waals surface area (Å²) in [5.41, 5.74) is 2.94. The summed E-state index contributed by atoms with van der Waals surface area (Å²) in [6, 6.07) is 8.34. The number of aromatic nitrogens is 2. The van der Waals surface area contributed by atoms with Gasteiger partial charge in [0.15, 0.2) is 5.78 Å². The molecule has 0 saturated heterocycles. The number of H-pyrrole nitrogens is 1. The Labute approximate surface area is 114 Å². The Bertz CT molecular complexity index is 526. The molecule has 0 fully saturated rings. The monoisotopic (exact) mass is 256 g/mol. The zero-order chi connectivity index (χ0) is 13.8. The molecule has 1 N–H and O–H groups in total. The molecule has 1 heterocycles. The largest absolute Gasteiger partial charge is 0.342 e. The average molecular weight is 256 g/mol. The summed E-state index contributed by atoms with van der Waals surface area (Å²) < 4.78 is 0. The van der Waals surface area contributed by atoms with Crippen LogP contribution in [0.3, 0.4) is 0 Å². The van der Waals surface area contributed by atoms with Crippen molar-refractivity contribution in [2.24, 2.45) is 5.92 Å². The summed E-state index contributed by atoms with van der Waals surface area (Å²) in [6.45, 7) is 6.34. The van der Waals surface area contributed by atoms with Gasteiger partial charge in [0, 0.05) is 5.92 Å². The van der Waals surface area contributed by atoms with Gasteiger partial charge in [0.2, 0.25) is 0 Å². The van der Waals surface area contributed by atoms with Crippen LogP contribution in [0.4, 0.5) is 0 Å². The molecule has 0 spiro atoms. The minimum atomic E-state index is -0.145. The number of nitrogens with one attached hydrogen (secondary N) is 1. The van der Waals surface area contributed by atoms with Crippen LogP contribution in [-0.4, -0.2) is 15.8 Å². The number of carbonyl (C=O) groups excluding carboxylic acids is 1. The molecule has 2 rings (SSSR count). The lowest BCUT2D eigenvalue weighted by Crippen LogP contribution is -2.10. The Kier molecular flexibility index (Phi) is 4.15. The second-order valence-electron chi connectivity index (χ2n) is 5.39. The third-order valence-electron chi connectivity index (χ3n) is 3.28. The van der Waals surface area contributed by atoms with E-state index < -0.39 is 0 Å². The molecule has 0 aliphatic heterocycles. The summed E-state index contributed by atoms with van der Waals surface area (Å²) in [5.74, 6) is 0.581. The van der Waals surface area contributed by atoms with Gasteiger partial charge in [-0.05, 0) is 23.5 Å². The fraction of sp³-hybridized carbons (Fsp3) is 0.375. The number of rotatable bonds is 5. The predicted molar refractivity (Wildman–Crippen MR) is 76.3 cm³/mol. The second-order valence-corrected chi connectivity index (χ2v) is 5.39. The van der Waals surface area contributed by atoms with Crippen LogP contribution in [-0.2, 0) is 6.42 Å². The molecular formula is C16H20N2O. The maximum atomic E-state index is 12.2. The number of carbonyl (C=O) groups is 1. The van der Waals surface area contributed by atoms with Gasteiger partial charge in [0.1, 0.15) is 5.69 Å². The van der Waals surface area contributed by atoms with Crippen molar-refractivity contribution in [2.45, 2.75) is 33.1 Å². The first kappa shape index (κ1) is 13.5. The van der Waals surface area contributed by atoms with E-state index in [4.69, 9.17) is 0 Å². The number of hydrogen-bond acceptors (Lipinski definition) is 2. The SMILES string of the molecule is CC(C)Cc1ccc(C(C)C(=O)c2cnc[nH]2)cc1. The van der Waals surface area contributed by atoms with Crippen LogP contribution >= 0.6 is 0 Å². The van der Waals surface area contributed by atoms with Crippen molar-refractivity contribution < 1.29 is 4.79 Å². The number of benzene rings is 1. The Morgan fingerprint density at radius 2 is 1.89 bits per heavy atom. The fourth-order valence-electron chi connectivity index (χ4n) is 2.19. The van der Waals surface area contributed by atoms with Gasteiger partial charge in [0.25, 0.3) is 0 Å². The number of ketones is 1. The maximum Gasteiger partial charge on any atom is 0.187 e. The summed E-state index contributed by atoms with van der Waals surface area (Å²) in [6.07, 6.45) is 4.18. The first-order chi connectivity index (χ1) is 9.08. The van der Waals surface area contributed by atoms with Crippen molar-refractivity contribution in [1.82, 2.24) is 9.97 Å². The molecule has 2 aromatic rings. The molecule has 0 radical (unpaired) electrons. The molecule has 19 heavy (non-hydrogen) atoms. The Morgan fingerprint density at radius 1 is 1.21 bits per heavy atom. The highest BCUT2D eigenvalue weighted by Crippen LogP contribution is 2.20. The predicted octanol–water partition coefficient (Wildman–Crippen LogP) is 3.59. The lowest BCUT2D eigenvalue weighted by molar-refractivity contribution is 0.0961. The average Bonchev–Trinajstić information content (AvgIpc) is 2.91. The number of Topliss-reactive ketones (excluding diaryl/α,β-unsaturated/α-hetero) is 1. The minimum Gasteiger partial charge on any atom is -0.342 e. The molecule has 0 amide bonds. The van der Waals surface area contributed by atoms with E-state index in [2.05, 4.69) is 48.1 Å². The third-order valence-corrected chi connectivity index (χ3v) is 3.28. The van der Waals surface area contributed by atoms with Gasteiger partial charge in [-0.15, -0.1) is 0 Å². The lowest BCUT2D eigenvalue weighted by Gasteiger charge is -2.11. The number of aromatic amines is 1. The van der Waals surface area contributed by atoms with Crippen molar-refractivity contribution in [3.63, 3.8) is 0 Å². The molecule has 1 aromatic carbocycles. The van der Waals surface area contributed by atoms with E-state index in [1.807, 2.05) is 6.92 Å². The normalized spacial score (nSPS) is 12.6. The zero-order valence-electron chi connectivity index (χ0n) is 11.7. The summed E-state index contributed by atoms with van der Waals surface area (Å²) in [4.78, 5) is 19.0. The molecule has 1 atom stereocenters. The van der Waals surface area contributed by atoms with Crippen molar-refractivity contribution >= 4 is 5.78 Å². The van der Waals surface area contributed by atoms with Gasteiger partial charge in [-0.3, -0.25) is 4.79 Å². The van der Waals surface area contributed by atoms with Crippen LogP contribution < -0.4 is 0 Å². The van der Waals surface area contributed by atoms with Gasteiger partial charge < -0.3 is 4.98 Å². The third kappa shape index (κ3) is 3.31. The molecule has 0 saturated carbocycles. The van der Waals surface area contributed by atoms with E-state index in [1.54, 1.807) is 6.20 Å². The van der Waals surface area contributed by atoms with E-state index in [9.17, 15) is 4.79 Å². The quantitative estimate of drug-likeness (QED) is 0.831. The highest BCUT2D eigenvalue weighted by atomic mass is 16.1. The van der Waals surface area contributed by atoms with Crippen molar-refractivity contribution in [3.05, 3.63) is 53.6 Å². The van der Waals surface area contributed by atoms with E-state index in [1.165, 1.54) is 11.9 Å². The molecule has 3 heteroatoms. The van der Waals surface area contributed by atoms with Crippen LogP contribution in [0, 0.1) is 5.92 Å². The van der Waals surface area contributed by atoms with Crippen LogP contribution in [0.25, 0.3) is 0 Å². The Hall–Kier alpha value is -1.90. The number of imidazole rings is 1. The first-order valence-corrected chi connectivity index (χ1v) is 6.69. The van der Waals surface area contributed by atoms with Crippen LogP contribution in [0.15, 0.2) is 36.8 Å². The van der Waals surface area contributed by atoms with Crippen LogP contribution in [0.5, 0.6) is 0 Å². The summed E-state index contributed by atoms with van der Waals surface area (Å²) in [5, 5.41) is 0. The zero-order valence-corrected chi connectivity index (χ0v) is 11.7. The molecule has 0 aliphatic carbocycles. The number of nitrogens with zero attached hydrogens (tertiary/aromatic N) is 1. The molecule has 3 nitrogen and oxygen atoms in total. The minimum absolute atomic E-state index is 0.0779. The Morgan fingerprint density at radius 3 is 2.42 bits per heavy atom. The summed E-state index contributed by atoms with van der Waals surface area (Å²) >= 11 is 0. The highest BCUT2D eigenvalue weighted by Gasteiger charge is 2.18. The fourth-order valence-corrected chi connectivity index (χ4v) is 2.19. The molecule has 1 unspecified atom stereocenters. The molecule has 0 aliphatic rings. The van der Waals surface area contributed by atoms with Crippen molar-refractivity contribution in [3.8, 4) is 0 Å². The lowest BCUT2D eigenvalue weighted by atomic mass is 9.93. The molecular weight excluding hydrogens is 236 g/mol. The van der Waals surface area contributed by atoms with Gasteiger partial charge in [-0.1, -0.05) is 45.0 Å². The van der Waals surface area contributed by atoms with Crippen molar-refractivity contribution in [2.75, 3.05) is 0 Å². The van der Waals surface area contributed by atoms with Gasteiger partial charge in [0.05, 0.1) is 12.5 Å². The van der Waals surface area contributed by atoms with Crippen LogP contribution in [0.1, 0.15) is 48.3 Å². The van der Waals surface area contributed by atoms with E-state index in [0.29, 0.717) is 11.6 Å². The highest BCUT2D eigenvalue weighted by molar-refractivity contribution is 5.98. The van der Waals surface area contributed by atoms with Gasteiger partial charge in [-0.2, -0.15) is 0 Å². The molecule has 100 valence electrons. The van der Waals surface area contributed by atoms with E-state index >= 15 is 0 Å². The van der Waals surface area contributed by atoms with E-state index in [0.717, 1.165) is 12.0 Å². The molecule has 0 bridgehead atoms. The smallest absolute Gasteiger partial charge is 0.187 e. The Balaban J connectivity index is 2.11. The molecule has 1 aromatic heterocycles. The van der Waals surface area contributed by atoms with E-state index in [-0.39, 0.29) is 11.7 Å². The maximum absolute atomic E-state index is 12.2. The van der Waals surface area contributed by atoms with Gasteiger partial charge >= 0.3 is 0 Å². The van der Waals surface area contributed by atoms with Gasteiger partial charge in [-0.25, -0.2) is 4.98 Å². The standard InChI is InChI=1S/C16H20N2O/c1-11(2)8-13-4-6-14(7-5-13)12(3)16(19)15-9-17-10-18-15/h4-7,9-12H,8H2,1-3H3,(H,17,18). The summed E-state index contributed by atoms with van der Waals surface area (Å²) in [7, 11) is 0.